The highest BCUT2D eigenvalue weighted by Gasteiger charge is 2.43. The van der Waals surface area contributed by atoms with E-state index in [1.54, 1.807) is 4.90 Å². The lowest BCUT2D eigenvalue weighted by molar-refractivity contribution is -0.131. The predicted molar refractivity (Wildman–Crippen MR) is 106 cm³/mol. The Hall–Kier alpha value is -1.54. The Morgan fingerprint density at radius 2 is 1.85 bits per heavy atom. The molecule has 1 spiro atoms. The number of rotatable bonds is 4. The second kappa shape index (κ2) is 8.22. The molecular formula is C19H31N5O2S. The zero-order valence-electron chi connectivity index (χ0n) is 16.9. The van der Waals surface area contributed by atoms with Crippen molar-refractivity contribution < 1.29 is 9.59 Å². The summed E-state index contributed by atoms with van der Waals surface area (Å²) in [4.78, 5) is 32.2. The van der Waals surface area contributed by atoms with Gasteiger partial charge in [0.1, 0.15) is 0 Å². The summed E-state index contributed by atoms with van der Waals surface area (Å²) in [6, 6.07) is 0. The summed E-state index contributed by atoms with van der Waals surface area (Å²) in [7, 11) is 3.62. The fraction of sp³-hybridized carbons (Fsp3) is 0.789. The highest BCUT2D eigenvalue weighted by Crippen LogP contribution is 2.38. The van der Waals surface area contributed by atoms with E-state index >= 15 is 0 Å². The average molecular weight is 394 g/mol. The van der Waals surface area contributed by atoms with Gasteiger partial charge in [0.05, 0.1) is 11.4 Å². The number of aromatic nitrogens is 2. The van der Waals surface area contributed by atoms with E-state index in [2.05, 4.69) is 28.3 Å². The largest absolute Gasteiger partial charge is 0.348 e. The van der Waals surface area contributed by atoms with Crippen LogP contribution in [0.25, 0.3) is 0 Å². The van der Waals surface area contributed by atoms with Gasteiger partial charge in [-0.3, -0.25) is 14.5 Å². The fourth-order valence-corrected chi connectivity index (χ4v) is 5.00. The molecule has 0 radical (unpaired) electrons. The second-order valence-corrected chi connectivity index (χ2v) is 9.11. The molecule has 3 rings (SSSR count). The maximum atomic E-state index is 13.0. The molecule has 0 aromatic carbocycles. The van der Waals surface area contributed by atoms with Crippen molar-refractivity contribution in [2.24, 2.45) is 0 Å². The molecule has 8 heteroatoms. The molecule has 0 bridgehead atoms. The van der Waals surface area contributed by atoms with Crippen LogP contribution in [0.3, 0.4) is 0 Å². The second-order valence-electron chi connectivity index (χ2n) is 8.32. The van der Waals surface area contributed by atoms with Gasteiger partial charge in [-0.15, -0.1) is 5.10 Å². The molecule has 0 aliphatic carbocycles. The fourth-order valence-electron chi connectivity index (χ4n) is 4.37. The number of carbonyl (C=O) groups excluding carboxylic acids is 2. The monoisotopic (exact) mass is 393 g/mol. The molecule has 1 aromatic heterocycles. The van der Waals surface area contributed by atoms with Gasteiger partial charge >= 0.3 is 0 Å². The van der Waals surface area contributed by atoms with Gasteiger partial charge in [-0.1, -0.05) is 18.3 Å². The summed E-state index contributed by atoms with van der Waals surface area (Å²) in [6.45, 7) is 7.07. The van der Waals surface area contributed by atoms with E-state index in [0.29, 0.717) is 12.2 Å². The molecule has 0 N–H and O–H groups in total. The lowest BCUT2D eigenvalue weighted by Gasteiger charge is -2.38. The van der Waals surface area contributed by atoms with Crippen LogP contribution in [-0.4, -0.2) is 81.9 Å². The van der Waals surface area contributed by atoms with Gasteiger partial charge in [0.15, 0.2) is 5.69 Å². The molecule has 0 unspecified atom stereocenters. The standard InChI is InChI=1S/C19H31N5O2S/c1-14(2)17-16(20-21-27-17)18(26)23-10-5-7-19(9-12-23)8-6-11-24(19)13-15(25)22(3)4/h14H,5-13H2,1-4H3/t19-/m0/s1. The van der Waals surface area contributed by atoms with Crippen LogP contribution >= 0.6 is 11.5 Å². The molecule has 2 aliphatic rings. The number of likely N-dealkylation sites (N-methyl/N-ethyl adjacent to an activating group) is 1. The SMILES string of the molecule is CC(C)c1snnc1C(=O)N1CCC[C@]2(CCCN2CC(=O)N(C)C)CC1. The third-order valence-electron chi connectivity index (χ3n) is 6.01. The summed E-state index contributed by atoms with van der Waals surface area (Å²) in [5.74, 6) is 0.423. The van der Waals surface area contributed by atoms with E-state index in [4.69, 9.17) is 0 Å². The van der Waals surface area contributed by atoms with Crippen LogP contribution in [0, 0.1) is 0 Å². The highest BCUT2D eigenvalue weighted by atomic mass is 32.1. The van der Waals surface area contributed by atoms with Gasteiger partial charge in [0.25, 0.3) is 5.91 Å². The Bertz CT molecular complexity index is 689. The number of hydrogen-bond acceptors (Lipinski definition) is 6. The van der Waals surface area contributed by atoms with Crippen LogP contribution in [0.2, 0.25) is 0 Å². The predicted octanol–water partition coefficient (Wildman–Crippen LogP) is 2.21. The molecule has 0 saturated carbocycles. The average Bonchev–Trinajstić information content (AvgIpc) is 3.19. The minimum Gasteiger partial charge on any atom is -0.348 e. The van der Waals surface area contributed by atoms with Crippen molar-refractivity contribution in [2.45, 2.75) is 57.4 Å². The van der Waals surface area contributed by atoms with E-state index in [1.165, 1.54) is 11.5 Å². The van der Waals surface area contributed by atoms with Crippen molar-refractivity contribution in [3.05, 3.63) is 10.6 Å². The first kappa shape index (κ1) is 20.2. The minimum atomic E-state index is 0.0124. The maximum Gasteiger partial charge on any atom is 0.275 e. The first-order valence-electron chi connectivity index (χ1n) is 9.91. The van der Waals surface area contributed by atoms with Gasteiger partial charge in [0, 0.05) is 32.7 Å². The normalized spacial score (nSPS) is 23.8. The van der Waals surface area contributed by atoms with Crippen molar-refractivity contribution in [2.75, 3.05) is 40.3 Å². The zero-order chi connectivity index (χ0) is 19.6. The summed E-state index contributed by atoms with van der Waals surface area (Å²) in [5.41, 5.74) is 0.582. The smallest absolute Gasteiger partial charge is 0.275 e. The van der Waals surface area contributed by atoms with Crippen molar-refractivity contribution in [1.29, 1.82) is 0 Å². The van der Waals surface area contributed by atoms with Crippen LogP contribution in [0.5, 0.6) is 0 Å². The molecule has 1 aromatic rings. The van der Waals surface area contributed by atoms with E-state index in [9.17, 15) is 9.59 Å². The maximum absolute atomic E-state index is 13.0. The van der Waals surface area contributed by atoms with Crippen LogP contribution in [0.1, 0.15) is 67.2 Å². The molecule has 1 atom stereocenters. The molecule has 3 heterocycles. The molecule has 2 aliphatic heterocycles. The molecule has 150 valence electrons. The van der Waals surface area contributed by atoms with Gasteiger partial charge in [0.2, 0.25) is 5.91 Å². The Morgan fingerprint density at radius 1 is 1.15 bits per heavy atom. The van der Waals surface area contributed by atoms with E-state index in [-0.39, 0.29) is 23.3 Å². The summed E-state index contributed by atoms with van der Waals surface area (Å²) in [6.07, 6.45) is 5.18. The van der Waals surface area contributed by atoms with Gasteiger partial charge in [-0.25, -0.2) is 0 Å². The van der Waals surface area contributed by atoms with Crippen molar-refractivity contribution in [1.82, 2.24) is 24.3 Å². The van der Waals surface area contributed by atoms with Crippen molar-refractivity contribution >= 4 is 23.3 Å². The third kappa shape index (κ3) is 4.16. The van der Waals surface area contributed by atoms with E-state index in [1.807, 2.05) is 19.0 Å². The molecule has 2 saturated heterocycles. The number of amides is 2. The van der Waals surface area contributed by atoms with Gasteiger partial charge < -0.3 is 9.80 Å². The Labute approximate surface area is 165 Å². The molecule has 7 nitrogen and oxygen atoms in total. The van der Waals surface area contributed by atoms with Crippen LogP contribution < -0.4 is 0 Å². The molecule has 27 heavy (non-hydrogen) atoms. The zero-order valence-corrected chi connectivity index (χ0v) is 17.7. The molecular weight excluding hydrogens is 362 g/mol. The van der Waals surface area contributed by atoms with E-state index < -0.39 is 0 Å². The molecule has 2 amide bonds. The number of nitrogens with zero attached hydrogens (tertiary/aromatic N) is 5. The minimum absolute atomic E-state index is 0.0124. The third-order valence-corrected chi connectivity index (χ3v) is 7.04. The van der Waals surface area contributed by atoms with Crippen LogP contribution in [0.4, 0.5) is 0 Å². The van der Waals surface area contributed by atoms with Crippen molar-refractivity contribution in [3.63, 3.8) is 0 Å². The summed E-state index contributed by atoms with van der Waals surface area (Å²) < 4.78 is 4.01. The summed E-state index contributed by atoms with van der Waals surface area (Å²) >= 11 is 1.32. The Balaban J connectivity index is 1.70. The van der Waals surface area contributed by atoms with Crippen LogP contribution in [-0.2, 0) is 4.79 Å². The Morgan fingerprint density at radius 3 is 2.52 bits per heavy atom. The van der Waals surface area contributed by atoms with Gasteiger partial charge in [-0.2, -0.15) is 0 Å². The quantitative estimate of drug-likeness (QED) is 0.784. The number of hydrogen-bond donors (Lipinski definition) is 0. The topological polar surface area (TPSA) is 69.6 Å². The van der Waals surface area contributed by atoms with Gasteiger partial charge in [-0.05, 0) is 56.1 Å². The number of likely N-dealkylation sites (tertiary alicyclic amines) is 2. The Kier molecular flexibility index (Phi) is 6.15. The summed E-state index contributed by atoms with van der Waals surface area (Å²) in [5, 5.41) is 4.12. The van der Waals surface area contributed by atoms with Crippen molar-refractivity contribution in [3.8, 4) is 0 Å². The first-order valence-corrected chi connectivity index (χ1v) is 10.7. The highest BCUT2D eigenvalue weighted by molar-refractivity contribution is 7.05. The van der Waals surface area contributed by atoms with Crippen LogP contribution in [0.15, 0.2) is 0 Å². The van der Waals surface area contributed by atoms with E-state index in [0.717, 1.165) is 56.6 Å². The molecule has 2 fully saturated rings. The lowest BCUT2D eigenvalue weighted by atomic mass is 9.87. The number of carbonyl (C=O) groups is 2. The first-order chi connectivity index (χ1) is 12.8. The lowest BCUT2D eigenvalue weighted by Crippen LogP contribution is -2.48.